The van der Waals surface area contributed by atoms with Crippen LogP contribution < -0.4 is 14.4 Å². The van der Waals surface area contributed by atoms with Crippen molar-refractivity contribution < 1.29 is 22.7 Å². The third kappa shape index (κ3) is 6.72. The normalized spacial score (nSPS) is 11.9. The summed E-state index contributed by atoms with van der Waals surface area (Å²) in [5, 5.41) is 2.62. The van der Waals surface area contributed by atoms with E-state index in [9.17, 15) is 18.0 Å². The van der Waals surface area contributed by atoms with Gasteiger partial charge in [-0.1, -0.05) is 48.9 Å². The predicted octanol–water partition coefficient (Wildman–Crippen LogP) is 4.06. The zero-order valence-electron chi connectivity index (χ0n) is 22.5. The minimum absolute atomic E-state index is 0.0810. The number of benzene rings is 3. The number of carbonyl (C=O) groups excluding carboxylic acids is 2. The Hall–Kier alpha value is -3.85. The number of ether oxygens (including phenoxy) is 1. The lowest BCUT2D eigenvalue weighted by atomic mass is 10.1. The number of methoxy groups -OCH3 is 1. The van der Waals surface area contributed by atoms with Crippen LogP contribution in [0, 0.1) is 13.8 Å². The van der Waals surface area contributed by atoms with Crippen LogP contribution in [-0.2, 0) is 26.2 Å². The number of hydrogen-bond donors (Lipinski definition) is 1. The minimum Gasteiger partial charge on any atom is -0.497 e. The summed E-state index contributed by atoms with van der Waals surface area (Å²) < 4.78 is 34.0. The molecule has 0 aliphatic rings. The molecule has 1 atom stereocenters. The van der Waals surface area contributed by atoms with Crippen LogP contribution in [0.2, 0.25) is 0 Å². The lowest BCUT2D eigenvalue weighted by Gasteiger charge is -2.33. The molecule has 0 fully saturated rings. The average molecular weight is 538 g/mol. The van der Waals surface area contributed by atoms with E-state index in [0.29, 0.717) is 17.9 Å². The Labute approximate surface area is 225 Å². The fourth-order valence-electron chi connectivity index (χ4n) is 4.16. The van der Waals surface area contributed by atoms with Crippen molar-refractivity contribution in [2.45, 2.75) is 44.7 Å². The fraction of sp³-hybridized carbons (Fsp3) is 0.310. The first-order valence-electron chi connectivity index (χ1n) is 12.4. The molecular weight excluding hydrogens is 502 g/mol. The lowest BCUT2D eigenvalue weighted by molar-refractivity contribution is -0.140. The van der Waals surface area contributed by atoms with E-state index in [-0.39, 0.29) is 17.3 Å². The number of amides is 2. The van der Waals surface area contributed by atoms with Gasteiger partial charge in [0.05, 0.1) is 17.7 Å². The molecule has 8 nitrogen and oxygen atoms in total. The molecule has 0 aliphatic carbocycles. The molecule has 38 heavy (non-hydrogen) atoms. The van der Waals surface area contributed by atoms with Gasteiger partial charge in [-0.05, 0) is 67.8 Å². The predicted molar refractivity (Wildman–Crippen MR) is 149 cm³/mol. The Morgan fingerprint density at radius 1 is 0.947 bits per heavy atom. The molecule has 0 saturated heterocycles. The first-order valence-corrected chi connectivity index (χ1v) is 13.8. The van der Waals surface area contributed by atoms with E-state index >= 15 is 0 Å². The average Bonchev–Trinajstić information content (AvgIpc) is 2.91. The van der Waals surface area contributed by atoms with E-state index in [4.69, 9.17) is 4.74 Å². The number of nitrogens with one attached hydrogen (secondary N) is 1. The van der Waals surface area contributed by atoms with E-state index in [2.05, 4.69) is 5.32 Å². The second-order valence-electron chi connectivity index (χ2n) is 9.07. The van der Waals surface area contributed by atoms with E-state index in [1.54, 1.807) is 49.6 Å². The molecule has 0 aromatic heterocycles. The summed E-state index contributed by atoms with van der Waals surface area (Å²) in [4.78, 5) is 28.2. The molecule has 1 N–H and O–H groups in total. The highest BCUT2D eigenvalue weighted by molar-refractivity contribution is 7.92. The maximum Gasteiger partial charge on any atom is 0.264 e. The Morgan fingerprint density at radius 3 is 2.16 bits per heavy atom. The van der Waals surface area contributed by atoms with Crippen LogP contribution >= 0.6 is 0 Å². The van der Waals surface area contributed by atoms with Gasteiger partial charge in [0.25, 0.3) is 10.0 Å². The van der Waals surface area contributed by atoms with Gasteiger partial charge < -0.3 is 15.0 Å². The maximum absolute atomic E-state index is 13.9. The molecule has 0 radical (unpaired) electrons. The van der Waals surface area contributed by atoms with Crippen LogP contribution in [0.3, 0.4) is 0 Å². The monoisotopic (exact) mass is 537 g/mol. The third-order valence-corrected chi connectivity index (χ3v) is 8.11. The smallest absolute Gasteiger partial charge is 0.264 e. The number of nitrogens with zero attached hydrogens (tertiary/aromatic N) is 2. The van der Waals surface area contributed by atoms with E-state index < -0.39 is 28.5 Å². The summed E-state index contributed by atoms with van der Waals surface area (Å²) in [6.45, 7) is 5.20. The summed E-state index contributed by atoms with van der Waals surface area (Å²) >= 11 is 0. The SMILES string of the molecule is CCC(C(=O)NC)N(Cc1ccc(OC)cc1)C(=O)CN(c1cccc(C)c1)S(=O)(=O)c1ccc(C)cc1. The highest BCUT2D eigenvalue weighted by Crippen LogP contribution is 2.26. The van der Waals surface area contributed by atoms with Crippen LogP contribution in [0.25, 0.3) is 0 Å². The van der Waals surface area contributed by atoms with Crippen molar-refractivity contribution in [2.75, 3.05) is 25.0 Å². The summed E-state index contributed by atoms with van der Waals surface area (Å²) in [5.41, 5.74) is 2.93. The van der Waals surface area contributed by atoms with Gasteiger partial charge in [0.15, 0.2) is 0 Å². The molecule has 3 rings (SSSR count). The minimum atomic E-state index is -4.09. The molecule has 202 valence electrons. The quantitative estimate of drug-likeness (QED) is 0.398. The van der Waals surface area contributed by atoms with Crippen LogP contribution in [0.1, 0.15) is 30.0 Å². The zero-order valence-corrected chi connectivity index (χ0v) is 23.3. The van der Waals surface area contributed by atoms with Gasteiger partial charge in [-0.15, -0.1) is 0 Å². The van der Waals surface area contributed by atoms with Gasteiger partial charge in [-0.2, -0.15) is 0 Å². The molecule has 1 unspecified atom stereocenters. The van der Waals surface area contributed by atoms with E-state index in [1.807, 2.05) is 39.0 Å². The largest absolute Gasteiger partial charge is 0.497 e. The zero-order chi connectivity index (χ0) is 27.9. The molecule has 3 aromatic carbocycles. The molecule has 0 heterocycles. The van der Waals surface area contributed by atoms with Crippen molar-refractivity contribution in [3.63, 3.8) is 0 Å². The van der Waals surface area contributed by atoms with Gasteiger partial charge in [0, 0.05) is 13.6 Å². The Morgan fingerprint density at radius 2 is 1.61 bits per heavy atom. The Balaban J connectivity index is 2.04. The van der Waals surface area contributed by atoms with Crippen LogP contribution in [0.5, 0.6) is 5.75 Å². The van der Waals surface area contributed by atoms with Gasteiger partial charge in [-0.3, -0.25) is 13.9 Å². The Bertz CT molecular complexity index is 1360. The second-order valence-corrected chi connectivity index (χ2v) is 10.9. The van der Waals surface area contributed by atoms with E-state index in [1.165, 1.54) is 24.1 Å². The molecule has 0 saturated carbocycles. The lowest BCUT2D eigenvalue weighted by Crippen LogP contribution is -2.51. The highest BCUT2D eigenvalue weighted by Gasteiger charge is 2.33. The van der Waals surface area contributed by atoms with E-state index in [0.717, 1.165) is 21.0 Å². The van der Waals surface area contributed by atoms with Crippen molar-refractivity contribution in [3.8, 4) is 5.75 Å². The number of likely N-dealkylation sites (N-methyl/N-ethyl adjacent to an activating group) is 1. The molecule has 0 bridgehead atoms. The van der Waals surface area contributed by atoms with Gasteiger partial charge in [0.1, 0.15) is 18.3 Å². The standard InChI is InChI=1S/C29H35N3O5S/c1-6-27(29(34)30-4)31(19-23-12-14-25(37-5)15-13-23)28(33)20-32(24-9-7-8-22(3)18-24)38(35,36)26-16-10-21(2)11-17-26/h7-18,27H,6,19-20H2,1-5H3,(H,30,34). The van der Waals surface area contributed by atoms with Crippen molar-refractivity contribution in [1.82, 2.24) is 10.2 Å². The number of sulfonamides is 1. The summed E-state index contributed by atoms with van der Waals surface area (Å²) in [7, 11) is -1.00. The fourth-order valence-corrected chi connectivity index (χ4v) is 5.57. The molecule has 2 amide bonds. The number of carbonyl (C=O) groups is 2. The number of hydrogen-bond acceptors (Lipinski definition) is 5. The summed E-state index contributed by atoms with van der Waals surface area (Å²) in [5.74, 6) is -0.147. The molecular formula is C29H35N3O5S. The first-order chi connectivity index (χ1) is 18.1. The second kappa shape index (κ2) is 12.6. The number of aryl methyl sites for hydroxylation is 2. The molecule has 3 aromatic rings. The Kier molecular flexibility index (Phi) is 9.52. The third-order valence-electron chi connectivity index (χ3n) is 6.32. The van der Waals surface area contributed by atoms with Crippen LogP contribution in [-0.4, -0.2) is 51.9 Å². The highest BCUT2D eigenvalue weighted by atomic mass is 32.2. The van der Waals surface area contributed by atoms with Crippen molar-refractivity contribution in [1.29, 1.82) is 0 Å². The summed E-state index contributed by atoms with van der Waals surface area (Å²) in [6.07, 6.45) is 0.358. The van der Waals surface area contributed by atoms with Crippen molar-refractivity contribution in [3.05, 3.63) is 89.5 Å². The van der Waals surface area contributed by atoms with Crippen molar-refractivity contribution >= 4 is 27.5 Å². The van der Waals surface area contributed by atoms with Crippen LogP contribution in [0.4, 0.5) is 5.69 Å². The van der Waals surface area contributed by atoms with Gasteiger partial charge in [-0.25, -0.2) is 8.42 Å². The summed E-state index contributed by atoms with van der Waals surface area (Å²) in [6, 6.07) is 19.9. The molecule has 0 aliphatic heterocycles. The first kappa shape index (κ1) is 28.7. The van der Waals surface area contributed by atoms with Crippen molar-refractivity contribution in [2.24, 2.45) is 0 Å². The van der Waals surface area contributed by atoms with Crippen LogP contribution in [0.15, 0.2) is 77.7 Å². The molecule has 9 heteroatoms. The number of rotatable bonds is 11. The van der Waals surface area contributed by atoms with Gasteiger partial charge >= 0.3 is 0 Å². The molecule has 0 spiro atoms. The topological polar surface area (TPSA) is 96.0 Å². The number of anilines is 1. The maximum atomic E-state index is 13.9. The van der Waals surface area contributed by atoms with Gasteiger partial charge in [0.2, 0.25) is 11.8 Å².